The van der Waals surface area contributed by atoms with Crippen molar-refractivity contribution in [2.75, 3.05) is 0 Å². The molecule has 1 aliphatic carbocycles. The first-order valence-electron chi connectivity index (χ1n) is 9.57. The minimum absolute atomic E-state index is 0.123. The molecule has 29 heavy (non-hydrogen) atoms. The lowest BCUT2D eigenvalue weighted by atomic mass is 10.1. The van der Waals surface area contributed by atoms with Crippen LogP contribution in [-0.4, -0.2) is 29.4 Å². The lowest BCUT2D eigenvalue weighted by molar-refractivity contribution is -0.141. The normalized spacial score (nSPS) is 16.2. The maximum Gasteiger partial charge on any atom is 0.435 e. The third-order valence-corrected chi connectivity index (χ3v) is 6.55. The lowest BCUT2D eigenvalue weighted by Crippen LogP contribution is -2.15. The monoisotopic (exact) mass is 420 g/mol. The molecule has 1 fully saturated rings. The van der Waals surface area contributed by atoms with E-state index in [1.54, 1.807) is 29.1 Å². The van der Waals surface area contributed by atoms with Gasteiger partial charge in [-0.15, -0.1) is 16.4 Å². The number of rotatable bonds is 4. The summed E-state index contributed by atoms with van der Waals surface area (Å²) in [5, 5.41) is 9.37. The summed E-state index contributed by atoms with van der Waals surface area (Å²) in [4.78, 5) is 11.3. The second-order valence-corrected chi connectivity index (χ2v) is 8.70. The molecule has 0 bridgehead atoms. The number of alkyl halides is 3. The van der Waals surface area contributed by atoms with Crippen molar-refractivity contribution in [3.05, 3.63) is 40.0 Å². The van der Waals surface area contributed by atoms with E-state index < -0.39 is 17.9 Å². The molecule has 4 heterocycles. The molecule has 0 spiro atoms. The van der Waals surface area contributed by atoms with Crippen LogP contribution in [0.1, 0.15) is 66.3 Å². The van der Waals surface area contributed by atoms with E-state index in [1.807, 2.05) is 0 Å². The maximum atomic E-state index is 13.2. The molecule has 1 unspecified atom stereocenters. The number of hydrogen-bond donors (Lipinski definition) is 0. The Morgan fingerprint density at radius 1 is 1.28 bits per heavy atom. The number of nitrogens with zero attached hydrogens (tertiary/aromatic N) is 6. The summed E-state index contributed by atoms with van der Waals surface area (Å²) in [5.41, 5.74) is 1.62. The standard InChI is InChI=1S/C19H19F3N6S/c1-4-12-10(3)29-18-15(12)17-24-16(26-27(17)8-23-18)9(2)28-13(11-5-6-11)7-14(25-28)19(20,21)22/h7-9,11H,4-6H2,1-3H3. The van der Waals surface area contributed by atoms with E-state index in [4.69, 9.17) is 4.98 Å². The van der Waals surface area contributed by atoms with Gasteiger partial charge in [0.05, 0.1) is 5.39 Å². The molecule has 1 aliphatic rings. The Morgan fingerprint density at radius 3 is 2.69 bits per heavy atom. The lowest BCUT2D eigenvalue weighted by Gasteiger charge is -2.12. The number of halogens is 3. The van der Waals surface area contributed by atoms with Crippen LogP contribution >= 0.6 is 11.3 Å². The largest absolute Gasteiger partial charge is 0.435 e. The van der Waals surface area contributed by atoms with E-state index in [2.05, 4.69) is 29.0 Å². The van der Waals surface area contributed by atoms with Crippen molar-refractivity contribution in [3.8, 4) is 0 Å². The van der Waals surface area contributed by atoms with Gasteiger partial charge in [0, 0.05) is 16.5 Å². The van der Waals surface area contributed by atoms with Crippen LogP contribution in [0, 0.1) is 6.92 Å². The zero-order chi connectivity index (χ0) is 20.5. The highest BCUT2D eigenvalue weighted by Crippen LogP contribution is 2.43. The van der Waals surface area contributed by atoms with Gasteiger partial charge >= 0.3 is 6.18 Å². The van der Waals surface area contributed by atoms with E-state index in [0.29, 0.717) is 17.2 Å². The van der Waals surface area contributed by atoms with Gasteiger partial charge in [-0.1, -0.05) is 6.92 Å². The summed E-state index contributed by atoms with van der Waals surface area (Å²) in [7, 11) is 0. The van der Waals surface area contributed by atoms with E-state index in [0.717, 1.165) is 29.5 Å². The molecule has 6 nitrogen and oxygen atoms in total. The van der Waals surface area contributed by atoms with Crippen LogP contribution in [0.5, 0.6) is 0 Å². The smallest absolute Gasteiger partial charge is 0.258 e. The van der Waals surface area contributed by atoms with Gasteiger partial charge < -0.3 is 0 Å². The predicted molar refractivity (Wildman–Crippen MR) is 103 cm³/mol. The summed E-state index contributed by atoms with van der Waals surface area (Å²) in [6.07, 6.45) is -0.242. The number of thiophene rings is 1. The van der Waals surface area contributed by atoms with Crippen LogP contribution in [0.4, 0.5) is 13.2 Å². The van der Waals surface area contributed by atoms with Crippen molar-refractivity contribution in [2.45, 2.75) is 58.2 Å². The zero-order valence-corrected chi connectivity index (χ0v) is 17.0. The Labute approximate surface area is 168 Å². The minimum atomic E-state index is -4.47. The Hall–Kier alpha value is -2.49. The van der Waals surface area contributed by atoms with E-state index in [-0.39, 0.29) is 5.92 Å². The Morgan fingerprint density at radius 2 is 2.03 bits per heavy atom. The molecule has 10 heteroatoms. The fourth-order valence-electron chi connectivity index (χ4n) is 3.84. The predicted octanol–water partition coefficient (Wildman–Crippen LogP) is 4.91. The van der Waals surface area contributed by atoms with Crippen LogP contribution in [-0.2, 0) is 12.6 Å². The summed E-state index contributed by atoms with van der Waals surface area (Å²) < 4.78 is 42.8. The highest BCUT2D eigenvalue weighted by molar-refractivity contribution is 7.18. The molecule has 0 amide bonds. The quantitative estimate of drug-likeness (QED) is 0.471. The number of aryl methyl sites for hydroxylation is 2. The first-order chi connectivity index (χ1) is 13.8. The van der Waals surface area contributed by atoms with Gasteiger partial charge in [-0.05, 0) is 44.7 Å². The third kappa shape index (κ3) is 2.92. The van der Waals surface area contributed by atoms with Crippen molar-refractivity contribution < 1.29 is 13.2 Å². The van der Waals surface area contributed by atoms with Gasteiger partial charge in [0.25, 0.3) is 0 Å². The van der Waals surface area contributed by atoms with Gasteiger partial charge in [0.1, 0.15) is 17.2 Å². The van der Waals surface area contributed by atoms with Crippen molar-refractivity contribution >= 4 is 27.2 Å². The molecule has 0 N–H and O–H groups in total. The van der Waals surface area contributed by atoms with Crippen LogP contribution in [0.2, 0.25) is 0 Å². The Kier molecular flexibility index (Phi) is 4.00. The highest BCUT2D eigenvalue weighted by atomic mass is 32.1. The van der Waals surface area contributed by atoms with Crippen LogP contribution in [0.15, 0.2) is 12.4 Å². The number of fused-ring (bicyclic) bond motifs is 3. The molecule has 1 saturated carbocycles. The molecule has 0 radical (unpaired) electrons. The van der Waals surface area contributed by atoms with Gasteiger partial charge in [0.2, 0.25) is 0 Å². The maximum absolute atomic E-state index is 13.2. The molecular formula is C19H19F3N6S. The van der Waals surface area contributed by atoms with Crippen LogP contribution in [0.3, 0.4) is 0 Å². The Bertz CT molecular complexity index is 1230. The van der Waals surface area contributed by atoms with E-state index in [1.165, 1.54) is 21.2 Å². The van der Waals surface area contributed by atoms with Crippen molar-refractivity contribution in [1.29, 1.82) is 0 Å². The molecule has 4 aromatic heterocycles. The fourth-order valence-corrected chi connectivity index (χ4v) is 4.91. The summed E-state index contributed by atoms with van der Waals surface area (Å²) in [6, 6.07) is 0.655. The summed E-state index contributed by atoms with van der Waals surface area (Å²) in [5.74, 6) is 0.557. The van der Waals surface area contributed by atoms with E-state index in [9.17, 15) is 13.2 Å². The first kappa shape index (κ1) is 18.5. The molecule has 0 saturated heterocycles. The van der Waals surface area contributed by atoms with Gasteiger partial charge in [-0.2, -0.15) is 18.3 Å². The van der Waals surface area contributed by atoms with E-state index >= 15 is 0 Å². The van der Waals surface area contributed by atoms with Crippen LogP contribution in [0.25, 0.3) is 15.9 Å². The Balaban J connectivity index is 1.64. The fraction of sp³-hybridized carbons (Fsp3) is 0.474. The third-order valence-electron chi connectivity index (χ3n) is 5.49. The number of aromatic nitrogens is 6. The molecule has 0 aliphatic heterocycles. The average molecular weight is 420 g/mol. The topological polar surface area (TPSA) is 60.9 Å². The molecule has 5 rings (SSSR count). The molecule has 1 atom stereocenters. The van der Waals surface area contributed by atoms with Crippen molar-refractivity contribution in [2.24, 2.45) is 0 Å². The van der Waals surface area contributed by atoms with Crippen molar-refractivity contribution in [1.82, 2.24) is 29.4 Å². The second-order valence-electron chi connectivity index (χ2n) is 7.50. The first-order valence-corrected chi connectivity index (χ1v) is 10.4. The molecule has 152 valence electrons. The average Bonchev–Trinajstić information content (AvgIpc) is 3.13. The second kappa shape index (κ2) is 6.25. The zero-order valence-electron chi connectivity index (χ0n) is 16.2. The number of hydrogen-bond acceptors (Lipinski definition) is 5. The molecule has 0 aromatic carbocycles. The highest BCUT2D eigenvalue weighted by Gasteiger charge is 2.39. The van der Waals surface area contributed by atoms with Gasteiger partial charge in [0.15, 0.2) is 17.2 Å². The SMILES string of the molecule is CCc1c(C)sc2ncn3nc(C(C)n4nc(C(F)(F)F)cc4C4CC4)nc3c12. The van der Waals surface area contributed by atoms with Gasteiger partial charge in [-0.25, -0.2) is 14.5 Å². The van der Waals surface area contributed by atoms with Crippen molar-refractivity contribution in [3.63, 3.8) is 0 Å². The molecular weight excluding hydrogens is 401 g/mol. The van der Waals surface area contributed by atoms with Crippen LogP contribution < -0.4 is 0 Å². The van der Waals surface area contributed by atoms with Gasteiger partial charge in [-0.3, -0.25) is 4.68 Å². The summed E-state index contributed by atoms with van der Waals surface area (Å²) >= 11 is 1.62. The molecule has 4 aromatic rings. The summed E-state index contributed by atoms with van der Waals surface area (Å²) in [6.45, 7) is 5.94. The minimum Gasteiger partial charge on any atom is -0.258 e.